The van der Waals surface area contributed by atoms with Crippen LogP contribution >= 0.6 is 0 Å². The van der Waals surface area contributed by atoms with Crippen LogP contribution in [-0.2, 0) is 26.2 Å². The minimum Gasteiger partial charge on any atom is -0.496 e. The standard InChI is InChI=1S/2C24H17O.Zr/c2*1-16-9-12-24(25-16)21-14-19-7-4-8-22(23(19)15-21)20-11-10-17-5-2-3-6-18(17)13-20;/h2*2-15H,1H3;/q2*-1;+2. The minimum atomic E-state index is 0. The largest absolute Gasteiger partial charge is 2.00 e. The van der Waals surface area contributed by atoms with Crippen LogP contribution in [0.25, 0.3) is 88.0 Å². The quantitative estimate of drug-likeness (QED) is 0.168. The second kappa shape index (κ2) is 13.7. The molecule has 0 amide bonds. The molecule has 51 heavy (non-hydrogen) atoms. The molecule has 0 unspecified atom stereocenters. The van der Waals surface area contributed by atoms with E-state index >= 15 is 0 Å². The summed E-state index contributed by atoms with van der Waals surface area (Å²) in [5.41, 5.74) is 7.29. The molecule has 3 heteroatoms. The summed E-state index contributed by atoms with van der Waals surface area (Å²) < 4.78 is 11.6. The van der Waals surface area contributed by atoms with Gasteiger partial charge in [-0.3, -0.25) is 0 Å². The van der Waals surface area contributed by atoms with Crippen molar-refractivity contribution in [3.63, 3.8) is 0 Å². The predicted octanol–water partition coefficient (Wildman–Crippen LogP) is 13.9. The van der Waals surface area contributed by atoms with Crippen molar-refractivity contribution in [3.05, 3.63) is 181 Å². The van der Waals surface area contributed by atoms with E-state index in [2.05, 4.69) is 146 Å². The van der Waals surface area contributed by atoms with E-state index in [9.17, 15) is 0 Å². The van der Waals surface area contributed by atoms with Crippen LogP contribution in [0.15, 0.2) is 179 Å². The van der Waals surface area contributed by atoms with E-state index in [1.165, 1.54) is 65.3 Å². The molecule has 0 fully saturated rings. The summed E-state index contributed by atoms with van der Waals surface area (Å²) in [7, 11) is 0. The van der Waals surface area contributed by atoms with Gasteiger partial charge in [0.05, 0.1) is 23.0 Å². The zero-order chi connectivity index (χ0) is 33.6. The monoisotopic (exact) mass is 732 g/mol. The maximum atomic E-state index is 5.80. The number of fused-ring (bicyclic) bond motifs is 4. The van der Waals surface area contributed by atoms with E-state index < -0.39 is 0 Å². The Hall–Kier alpha value is -5.50. The fraction of sp³-hybridized carbons (Fsp3) is 0.0417. The third-order valence-corrected chi connectivity index (χ3v) is 9.67. The molecule has 0 spiro atoms. The summed E-state index contributed by atoms with van der Waals surface area (Å²) in [4.78, 5) is 0. The summed E-state index contributed by atoms with van der Waals surface area (Å²) in [6.07, 6.45) is 0. The summed E-state index contributed by atoms with van der Waals surface area (Å²) in [5.74, 6) is 3.74. The SMILES string of the molecule is Cc1ccc(-c2cc3c(-c4ccc5ccccc5c4)cccc3[cH-]2)o1.Cc1ccc(-c2cc3c(-c4ccc5ccccc5c4)cccc3[cH-]2)o1.[Zr+2]. The van der Waals surface area contributed by atoms with Crippen molar-refractivity contribution in [2.75, 3.05) is 0 Å². The van der Waals surface area contributed by atoms with Gasteiger partial charge in [0.2, 0.25) is 0 Å². The first-order chi connectivity index (χ1) is 24.6. The van der Waals surface area contributed by atoms with Crippen molar-refractivity contribution in [2.24, 2.45) is 0 Å². The Labute approximate surface area is 316 Å². The van der Waals surface area contributed by atoms with Crippen LogP contribution in [0.3, 0.4) is 0 Å². The van der Waals surface area contributed by atoms with Gasteiger partial charge in [-0.15, -0.1) is 57.9 Å². The Morgan fingerprint density at radius 1 is 0.392 bits per heavy atom. The topological polar surface area (TPSA) is 26.3 Å². The zero-order valence-electron chi connectivity index (χ0n) is 28.5. The van der Waals surface area contributed by atoms with Gasteiger partial charge in [-0.1, -0.05) is 119 Å². The average molecular weight is 734 g/mol. The second-order valence-electron chi connectivity index (χ2n) is 13.0. The van der Waals surface area contributed by atoms with Crippen LogP contribution in [0.2, 0.25) is 0 Å². The fourth-order valence-electron chi connectivity index (χ4n) is 7.15. The van der Waals surface area contributed by atoms with Gasteiger partial charge >= 0.3 is 26.2 Å². The molecule has 0 saturated carbocycles. The molecular weight excluding hydrogens is 700 g/mol. The van der Waals surface area contributed by atoms with Crippen molar-refractivity contribution in [2.45, 2.75) is 13.8 Å². The van der Waals surface area contributed by atoms with E-state index in [4.69, 9.17) is 8.83 Å². The van der Waals surface area contributed by atoms with Crippen molar-refractivity contribution in [1.82, 2.24) is 0 Å². The average Bonchev–Trinajstić information content (AvgIpc) is 3.97. The Morgan fingerprint density at radius 2 is 0.824 bits per heavy atom. The number of benzene rings is 6. The Balaban J connectivity index is 0.000000144. The van der Waals surface area contributed by atoms with Crippen molar-refractivity contribution in [1.29, 1.82) is 0 Å². The molecule has 2 aromatic heterocycles. The van der Waals surface area contributed by atoms with Crippen molar-refractivity contribution >= 4 is 43.1 Å². The minimum absolute atomic E-state index is 0. The number of furan rings is 2. The number of hydrogen-bond acceptors (Lipinski definition) is 2. The van der Waals surface area contributed by atoms with Gasteiger partial charge in [0.1, 0.15) is 0 Å². The van der Waals surface area contributed by atoms with Crippen molar-refractivity contribution < 1.29 is 35.0 Å². The molecule has 0 bridgehead atoms. The molecule has 8 aromatic carbocycles. The zero-order valence-corrected chi connectivity index (χ0v) is 30.9. The molecule has 242 valence electrons. The molecular formula is C48H34O2Zr. The van der Waals surface area contributed by atoms with Gasteiger partial charge in [0.25, 0.3) is 0 Å². The summed E-state index contributed by atoms with van der Waals surface area (Å²) in [6, 6.07) is 60.3. The van der Waals surface area contributed by atoms with Gasteiger partial charge in [0.15, 0.2) is 0 Å². The summed E-state index contributed by atoms with van der Waals surface area (Å²) in [5, 5.41) is 10.1. The Kier molecular flexibility index (Phi) is 8.76. The second-order valence-corrected chi connectivity index (χ2v) is 13.0. The molecule has 0 radical (unpaired) electrons. The Bertz CT molecular complexity index is 2610. The predicted molar refractivity (Wildman–Crippen MR) is 210 cm³/mol. The number of hydrogen-bond donors (Lipinski definition) is 0. The summed E-state index contributed by atoms with van der Waals surface area (Å²) >= 11 is 0. The molecule has 2 nitrogen and oxygen atoms in total. The third-order valence-electron chi connectivity index (χ3n) is 9.67. The molecule has 2 heterocycles. The normalized spacial score (nSPS) is 11.2. The first kappa shape index (κ1) is 32.7. The number of rotatable bonds is 4. The van der Waals surface area contributed by atoms with Crippen LogP contribution < -0.4 is 0 Å². The van der Waals surface area contributed by atoms with Crippen LogP contribution in [0.5, 0.6) is 0 Å². The van der Waals surface area contributed by atoms with E-state index in [0.717, 1.165) is 34.2 Å². The van der Waals surface area contributed by atoms with Crippen LogP contribution in [0.4, 0.5) is 0 Å². The maximum Gasteiger partial charge on any atom is 2.00 e. The van der Waals surface area contributed by atoms with Gasteiger partial charge in [0, 0.05) is 0 Å². The van der Waals surface area contributed by atoms with Gasteiger partial charge in [-0.2, -0.15) is 0 Å². The van der Waals surface area contributed by atoms with Crippen LogP contribution in [-0.4, -0.2) is 0 Å². The van der Waals surface area contributed by atoms with Gasteiger partial charge < -0.3 is 8.83 Å². The third kappa shape index (κ3) is 6.35. The van der Waals surface area contributed by atoms with E-state index in [0.29, 0.717) is 0 Å². The molecule has 0 atom stereocenters. The first-order valence-electron chi connectivity index (χ1n) is 17.1. The maximum absolute atomic E-state index is 5.80. The van der Waals surface area contributed by atoms with Gasteiger partial charge in [-0.05, 0) is 82.9 Å². The fourth-order valence-corrected chi connectivity index (χ4v) is 7.15. The molecule has 10 rings (SSSR count). The summed E-state index contributed by atoms with van der Waals surface area (Å²) in [6.45, 7) is 3.96. The van der Waals surface area contributed by atoms with E-state index in [-0.39, 0.29) is 26.2 Å². The number of aryl methyl sites for hydroxylation is 2. The molecule has 0 aliphatic heterocycles. The molecule has 0 N–H and O–H groups in total. The Morgan fingerprint density at radius 3 is 1.24 bits per heavy atom. The van der Waals surface area contributed by atoms with Crippen LogP contribution in [0, 0.1) is 13.8 Å². The van der Waals surface area contributed by atoms with Crippen LogP contribution in [0.1, 0.15) is 11.5 Å². The van der Waals surface area contributed by atoms with Crippen molar-refractivity contribution in [3.8, 4) is 44.9 Å². The van der Waals surface area contributed by atoms with Gasteiger partial charge in [-0.25, -0.2) is 0 Å². The molecule has 0 aliphatic carbocycles. The molecule has 0 aliphatic rings. The smallest absolute Gasteiger partial charge is 0.496 e. The van der Waals surface area contributed by atoms with E-state index in [1.807, 2.05) is 38.1 Å². The molecule has 10 aromatic rings. The first-order valence-corrected chi connectivity index (χ1v) is 17.1. The van der Waals surface area contributed by atoms with E-state index in [1.54, 1.807) is 0 Å². The molecule has 0 saturated heterocycles.